The van der Waals surface area contributed by atoms with Gasteiger partial charge in [0.05, 0.1) is 6.42 Å². The van der Waals surface area contributed by atoms with Crippen molar-refractivity contribution in [2.45, 2.75) is 19.3 Å². The highest BCUT2D eigenvalue weighted by molar-refractivity contribution is 5.66. The van der Waals surface area contributed by atoms with Crippen molar-refractivity contribution in [3.63, 3.8) is 0 Å². The van der Waals surface area contributed by atoms with E-state index in [2.05, 4.69) is 17.4 Å². The highest BCUT2D eigenvalue weighted by Gasteiger charge is 1.95. The summed E-state index contributed by atoms with van der Waals surface area (Å²) in [6.07, 6.45) is 2.29. The summed E-state index contributed by atoms with van der Waals surface area (Å²) in [5, 5.41) is 11.5. The minimum atomic E-state index is -0.745. The molecule has 0 unspecified atom stereocenters. The smallest absolute Gasteiger partial charge is 0.304 e. The van der Waals surface area contributed by atoms with E-state index in [1.165, 1.54) is 5.56 Å². The fourth-order valence-electron chi connectivity index (χ4n) is 1.38. The molecule has 1 rings (SSSR count). The molecule has 2 N–H and O–H groups in total. The molecular formula is C12H17NO2. The van der Waals surface area contributed by atoms with Crippen LogP contribution in [0.3, 0.4) is 0 Å². The zero-order chi connectivity index (χ0) is 10.9. The first-order chi connectivity index (χ1) is 7.29. The second-order valence-corrected chi connectivity index (χ2v) is 3.48. The van der Waals surface area contributed by atoms with Crippen molar-refractivity contribution in [1.29, 1.82) is 0 Å². The number of hydrogen-bond donors (Lipinski definition) is 2. The first-order valence-corrected chi connectivity index (χ1v) is 5.25. The molecule has 0 aromatic heterocycles. The maximum absolute atomic E-state index is 10.2. The third-order valence-corrected chi connectivity index (χ3v) is 2.18. The molecule has 0 amide bonds. The molecule has 3 heteroatoms. The number of benzene rings is 1. The van der Waals surface area contributed by atoms with Crippen LogP contribution in [0.25, 0.3) is 0 Å². The van der Waals surface area contributed by atoms with Crippen LogP contribution in [-0.2, 0) is 11.2 Å². The molecule has 0 atom stereocenters. The van der Waals surface area contributed by atoms with Crippen LogP contribution in [0, 0.1) is 0 Å². The molecule has 1 aromatic carbocycles. The van der Waals surface area contributed by atoms with Crippen molar-refractivity contribution in [1.82, 2.24) is 5.32 Å². The largest absolute Gasteiger partial charge is 0.481 e. The number of aryl methyl sites for hydroxylation is 1. The number of carboxylic acid groups (broad SMARTS) is 1. The lowest BCUT2D eigenvalue weighted by Gasteiger charge is -2.03. The highest BCUT2D eigenvalue weighted by Crippen LogP contribution is 2.01. The first kappa shape index (κ1) is 11.7. The van der Waals surface area contributed by atoms with Crippen LogP contribution in [0.15, 0.2) is 30.3 Å². The number of carboxylic acids is 1. The molecule has 0 saturated carbocycles. The molecule has 0 aliphatic carbocycles. The summed E-state index contributed by atoms with van der Waals surface area (Å²) >= 11 is 0. The van der Waals surface area contributed by atoms with Gasteiger partial charge >= 0.3 is 5.97 Å². The molecular weight excluding hydrogens is 190 g/mol. The molecule has 0 spiro atoms. The van der Waals surface area contributed by atoms with Crippen LogP contribution >= 0.6 is 0 Å². The van der Waals surface area contributed by atoms with Gasteiger partial charge in [-0.2, -0.15) is 0 Å². The minimum absolute atomic E-state index is 0.200. The Balaban J connectivity index is 2.00. The molecule has 0 aliphatic rings. The average Bonchev–Trinajstić information content (AvgIpc) is 2.24. The quantitative estimate of drug-likeness (QED) is 0.669. The highest BCUT2D eigenvalue weighted by atomic mass is 16.4. The SMILES string of the molecule is O=C(O)CCNCCCc1ccccc1. The number of rotatable bonds is 7. The second kappa shape index (κ2) is 7.01. The van der Waals surface area contributed by atoms with Crippen LogP contribution in [0.1, 0.15) is 18.4 Å². The molecule has 0 heterocycles. The number of hydrogen-bond acceptors (Lipinski definition) is 2. The van der Waals surface area contributed by atoms with Crippen molar-refractivity contribution < 1.29 is 9.90 Å². The Morgan fingerprint density at radius 2 is 1.93 bits per heavy atom. The zero-order valence-corrected chi connectivity index (χ0v) is 8.78. The predicted molar refractivity (Wildman–Crippen MR) is 59.9 cm³/mol. The molecule has 0 radical (unpaired) electrons. The van der Waals surface area contributed by atoms with E-state index in [0.717, 1.165) is 19.4 Å². The Hall–Kier alpha value is -1.35. The fraction of sp³-hybridized carbons (Fsp3) is 0.417. The van der Waals surface area contributed by atoms with Crippen molar-refractivity contribution in [3.05, 3.63) is 35.9 Å². The van der Waals surface area contributed by atoms with Crippen LogP contribution in [0.2, 0.25) is 0 Å². The minimum Gasteiger partial charge on any atom is -0.481 e. The second-order valence-electron chi connectivity index (χ2n) is 3.48. The first-order valence-electron chi connectivity index (χ1n) is 5.25. The van der Waals surface area contributed by atoms with Gasteiger partial charge in [0, 0.05) is 6.54 Å². The molecule has 82 valence electrons. The van der Waals surface area contributed by atoms with E-state index in [9.17, 15) is 4.79 Å². The fourth-order valence-corrected chi connectivity index (χ4v) is 1.38. The lowest BCUT2D eigenvalue weighted by Crippen LogP contribution is -2.19. The summed E-state index contributed by atoms with van der Waals surface area (Å²) in [4.78, 5) is 10.2. The van der Waals surface area contributed by atoms with Crippen molar-refractivity contribution in [2.24, 2.45) is 0 Å². The summed E-state index contributed by atoms with van der Waals surface area (Å²) < 4.78 is 0. The Morgan fingerprint density at radius 3 is 2.60 bits per heavy atom. The average molecular weight is 207 g/mol. The van der Waals surface area contributed by atoms with Crippen LogP contribution in [0.4, 0.5) is 0 Å². The standard InChI is InChI=1S/C12H17NO2/c14-12(15)8-10-13-9-4-7-11-5-2-1-3-6-11/h1-3,5-6,13H,4,7-10H2,(H,14,15). The van der Waals surface area contributed by atoms with E-state index in [1.807, 2.05) is 18.2 Å². The summed E-state index contributed by atoms with van der Waals surface area (Å²) in [5.41, 5.74) is 1.33. The monoisotopic (exact) mass is 207 g/mol. The van der Waals surface area contributed by atoms with Crippen molar-refractivity contribution >= 4 is 5.97 Å². The van der Waals surface area contributed by atoms with Crippen LogP contribution in [-0.4, -0.2) is 24.2 Å². The molecule has 3 nitrogen and oxygen atoms in total. The number of aliphatic carboxylic acids is 1. The Morgan fingerprint density at radius 1 is 1.20 bits per heavy atom. The summed E-state index contributed by atoms with van der Waals surface area (Å²) in [6.45, 7) is 1.44. The van der Waals surface area contributed by atoms with E-state index in [1.54, 1.807) is 0 Å². The van der Waals surface area contributed by atoms with Gasteiger partial charge in [0.25, 0.3) is 0 Å². The van der Waals surface area contributed by atoms with Crippen LogP contribution < -0.4 is 5.32 Å². The van der Waals surface area contributed by atoms with E-state index in [0.29, 0.717) is 6.54 Å². The van der Waals surface area contributed by atoms with Gasteiger partial charge < -0.3 is 10.4 Å². The van der Waals surface area contributed by atoms with E-state index in [-0.39, 0.29) is 6.42 Å². The van der Waals surface area contributed by atoms with Gasteiger partial charge in [-0.25, -0.2) is 0 Å². The molecule has 0 fully saturated rings. The van der Waals surface area contributed by atoms with E-state index >= 15 is 0 Å². The van der Waals surface area contributed by atoms with Gasteiger partial charge in [-0.05, 0) is 24.9 Å². The van der Waals surface area contributed by atoms with Gasteiger partial charge in [-0.1, -0.05) is 30.3 Å². The van der Waals surface area contributed by atoms with Gasteiger partial charge in [-0.3, -0.25) is 4.79 Å². The maximum atomic E-state index is 10.2. The van der Waals surface area contributed by atoms with Gasteiger partial charge in [0.15, 0.2) is 0 Å². The molecule has 0 aliphatic heterocycles. The molecule has 1 aromatic rings. The molecule has 15 heavy (non-hydrogen) atoms. The Kier molecular flexibility index (Phi) is 5.48. The van der Waals surface area contributed by atoms with Crippen LogP contribution in [0.5, 0.6) is 0 Å². The number of nitrogens with one attached hydrogen (secondary N) is 1. The lowest BCUT2D eigenvalue weighted by atomic mass is 10.1. The van der Waals surface area contributed by atoms with Crippen molar-refractivity contribution in [2.75, 3.05) is 13.1 Å². The Bertz CT molecular complexity index is 285. The van der Waals surface area contributed by atoms with Gasteiger partial charge in [-0.15, -0.1) is 0 Å². The predicted octanol–water partition coefficient (Wildman–Crippen LogP) is 1.68. The zero-order valence-electron chi connectivity index (χ0n) is 8.78. The molecule has 0 bridgehead atoms. The number of carbonyl (C=O) groups is 1. The molecule has 0 saturated heterocycles. The van der Waals surface area contributed by atoms with E-state index < -0.39 is 5.97 Å². The third-order valence-electron chi connectivity index (χ3n) is 2.18. The van der Waals surface area contributed by atoms with Gasteiger partial charge in [0.1, 0.15) is 0 Å². The lowest BCUT2D eigenvalue weighted by molar-refractivity contribution is -0.136. The van der Waals surface area contributed by atoms with E-state index in [4.69, 9.17) is 5.11 Å². The summed E-state index contributed by atoms with van der Waals surface area (Å²) in [6, 6.07) is 10.3. The summed E-state index contributed by atoms with van der Waals surface area (Å²) in [5.74, 6) is -0.745. The third kappa shape index (κ3) is 5.86. The maximum Gasteiger partial charge on any atom is 0.304 e. The van der Waals surface area contributed by atoms with Gasteiger partial charge in [0.2, 0.25) is 0 Å². The summed E-state index contributed by atoms with van der Waals surface area (Å²) in [7, 11) is 0. The Labute approximate surface area is 90.1 Å². The normalized spacial score (nSPS) is 10.1. The topological polar surface area (TPSA) is 49.3 Å². The van der Waals surface area contributed by atoms with Crippen molar-refractivity contribution in [3.8, 4) is 0 Å².